The van der Waals surface area contributed by atoms with Crippen molar-refractivity contribution in [1.29, 1.82) is 0 Å². The van der Waals surface area contributed by atoms with Crippen LogP contribution in [0.2, 0.25) is 0 Å². The third kappa shape index (κ3) is 3.90. The largest absolute Gasteiger partial charge is 0.445 e. The zero-order valence-corrected chi connectivity index (χ0v) is 11.4. The van der Waals surface area contributed by atoms with Crippen molar-refractivity contribution in [2.24, 2.45) is 0 Å². The molecule has 2 aromatic heterocycles. The van der Waals surface area contributed by atoms with Crippen LogP contribution in [0.15, 0.2) is 9.64 Å². The second-order valence-electron chi connectivity index (χ2n) is 3.33. The average molecular weight is 325 g/mol. The van der Waals surface area contributed by atoms with Crippen LogP contribution < -0.4 is 5.32 Å². The number of thioether (sulfide) groups is 1. The molecule has 0 aliphatic heterocycles. The summed E-state index contributed by atoms with van der Waals surface area (Å²) in [5, 5.41) is 14.5. The van der Waals surface area contributed by atoms with Crippen LogP contribution in [0.4, 0.5) is 18.3 Å². The van der Waals surface area contributed by atoms with Crippen molar-refractivity contribution in [3.63, 3.8) is 0 Å². The molecule has 12 heteroatoms. The van der Waals surface area contributed by atoms with Gasteiger partial charge in [0.2, 0.25) is 21.9 Å². The Labute approximate surface area is 118 Å². The lowest BCUT2D eigenvalue weighted by atomic mass is 10.7. The van der Waals surface area contributed by atoms with E-state index in [0.717, 1.165) is 11.8 Å². The van der Waals surface area contributed by atoms with Crippen molar-refractivity contribution in [3.05, 3.63) is 10.9 Å². The van der Waals surface area contributed by atoms with Gasteiger partial charge in [0.25, 0.3) is 5.22 Å². The standard InChI is InChI=1S/C8H6F3N5O2S2/c1-3-13-16-7(18-3)19-2-4(17)12-6-15-14-5(20-6)8(9,10)11/h2H2,1H3,(H,12,15,17). The average Bonchev–Trinajstić information content (AvgIpc) is 2.95. The number of aromatic nitrogens is 4. The summed E-state index contributed by atoms with van der Waals surface area (Å²) in [6, 6.07) is 0. The minimum atomic E-state index is -4.57. The Hall–Kier alpha value is -1.69. The minimum absolute atomic E-state index is 0.0947. The lowest BCUT2D eigenvalue weighted by Gasteiger charge is -1.99. The molecule has 108 valence electrons. The van der Waals surface area contributed by atoms with E-state index in [1.807, 2.05) is 0 Å². The van der Waals surface area contributed by atoms with Gasteiger partial charge in [-0.15, -0.1) is 20.4 Å². The van der Waals surface area contributed by atoms with Gasteiger partial charge in [0.15, 0.2) is 0 Å². The van der Waals surface area contributed by atoms with E-state index in [1.165, 1.54) is 0 Å². The molecule has 0 radical (unpaired) electrons. The Morgan fingerprint density at radius 1 is 1.35 bits per heavy atom. The van der Waals surface area contributed by atoms with E-state index >= 15 is 0 Å². The Morgan fingerprint density at radius 3 is 2.65 bits per heavy atom. The highest BCUT2D eigenvalue weighted by Crippen LogP contribution is 2.33. The molecule has 0 atom stereocenters. The minimum Gasteiger partial charge on any atom is -0.416 e. The first-order chi connectivity index (χ1) is 9.34. The van der Waals surface area contributed by atoms with Crippen LogP contribution in [0.5, 0.6) is 0 Å². The molecule has 2 heterocycles. The van der Waals surface area contributed by atoms with E-state index in [2.05, 4.69) is 25.7 Å². The molecule has 20 heavy (non-hydrogen) atoms. The number of aryl methyl sites for hydroxylation is 1. The fourth-order valence-corrected chi connectivity index (χ4v) is 2.24. The SMILES string of the molecule is Cc1nnc(SCC(=O)Nc2nnc(C(F)(F)F)s2)o1. The van der Waals surface area contributed by atoms with E-state index < -0.39 is 17.1 Å². The third-order valence-corrected chi connectivity index (χ3v) is 3.45. The highest BCUT2D eigenvalue weighted by Gasteiger charge is 2.35. The first-order valence-electron chi connectivity index (χ1n) is 4.98. The molecule has 2 rings (SSSR count). The van der Waals surface area contributed by atoms with Crippen LogP contribution in [-0.2, 0) is 11.0 Å². The van der Waals surface area contributed by atoms with Gasteiger partial charge in [0, 0.05) is 6.92 Å². The van der Waals surface area contributed by atoms with Crippen LogP contribution in [0.1, 0.15) is 10.9 Å². The van der Waals surface area contributed by atoms with Gasteiger partial charge >= 0.3 is 6.18 Å². The molecule has 0 saturated carbocycles. The lowest BCUT2D eigenvalue weighted by Crippen LogP contribution is -2.13. The number of alkyl halides is 3. The fraction of sp³-hybridized carbons (Fsp3) is 0.375. The normalized spacial score (nSPS) is 11.6. The number of amides is 1. The number of nitrogens with one attached hydrogen (secondary N) is 1. The van der Waals surface area contributed by atoms with Crippen molar-refractivity contribution in [3.8, 4) is 0 Å². The molecule has 1 amide bonds. The van der Waals surface area contributed by atoms with Crippen molar-refractivity contribution in [2.45, 2.75) is 18.3 Å². The second-order valence-corrected chi connectivity index (χ2v) is 5.24. The first kappa shape index (κ1) is 14.7. The number of rotatable bonds is 4. The maximum absolute atomic E-state index is 12.3. The van der Waals surface area contributed by atoms with Crippen molar-refractivity contribution in [1.82, 2.24) is 20.4 Å². The first-order valence-corrected chi connectivity index (χ1v) is 6.78. The fourth-order valence-electron chi connectivity index (χ4n) is 1.01. The summed E-state index contributed by atoms with van der Waals surface area (Å²) in [7, 11) is 0. The van der Waals surface area contributed by atoms with Gasteiger partial charge in [-0.05, 0) is 0 Å². The quantitative estimate of drug-likeness (QED) is 0.859. The number of hydrogen-bond acceptors (Lipinski definition) is 8. The summed E-state index contributed by atoms with van der Waals surface area (Å²) >= 11 is 1.22. The van der Waals surface area contributed by atoms with Gasteiger partial charge in [-0.1, -0.05) is 23.1 Å². The van der Waals surface area contributed by atoms with Gasteiger partial charge in [0.1, 0.15) is 0 Å². The molecule has 0 aliphatic carbocycles. The van der Waals surface area contributed by atoms with Crippen LogP contribution in [0.3, 0.4) is 0 Å². The molecule has 0 bridgehead atoms. The number of halogens is 3. The molecule has 0 aliphatic rings. The van der Waals surface area contributed by atoms with Gasteiger partial charge in [0.05, 0.1) is 5.75 Å². The molecular formula is C8H6F3N5O2S2. The molecule has 1 N–H and O–H groups in total. The lowest BCUT2D eigenvalue weighted by molar-refractivity contribution is -0.138. The second kappa shape index (κ2) is 5.75. The monoisotopic (exact) mass is 325 g/mol. The van der Waals surface area contributed by atoms with Crippen LogP contribution in [0.25, 0.3) is 0 Å². The summed E-state index contributed by atoms with van der Waals surface area (Å²) in [5.74, 6) is -0.287. The Balaban J connectivity index is 1.87. The maximum Gasteiger partial charge on any atom is 0.445 e. The van der Waals surface area contributed by atoms with E-state index in [0.29, 0.717) is 5.89 Å². The summed E-state index contributed by atoms with van der Waals surface area (Å²) in [6.07, 6.45) is -4.57. The molecular weight excluding hydrogens is 319 g/mol. The number of anilines is 1. The van der Waals surface area contributed by atoms with Crippen LogP contribution in [-0.4, -0.2) is 32.1 Å². The van der Waals surface area contributed by atoms with Crippen LogP contribution in [0, 0.1) is 6.92 Å². The maximum atomic E-state index is 12.3. The number of carbonyl (C=O) groups is 1. The van der Waals surface area contributed by atoms with Gasteiger partial charge < -0.3 is 4.42 Å². The van der Waals surface area contributed by atoms with E-state index in [1.54, 1.807) is 6.92 Å². The van der Waals surface area contributed by atoms with Gasteiger partial charge in [-0.3, -0.25) is 10.1 Å². The molecule has 2 aromatic rings. The molecule has 7 nitrogen and oxygen atoms in total. The van der Waals surface area contributed by atoms with Crippen molar-refractivity contribution < 1.29 is 22.4 Å². The Kier molecular flexibility index (Phi) is 4.23. The number of hydrogen-bond donors (Lipinski definition) is 1. The third-order valence-electron chi connectivity index (χ3n) is 1.75. The summed E-state index contributed by atoms with van der Waals surface area (Å²) in [6.45, 7) is 1.59. The van der Waals surface area contributed by atoms with E-state index in [9.17, 15) is 18.0 Å². The van der Waals surface area contributed by atoms with Gasteiger partial charge in [-0.2, -0.15) is 13.2 Å². The van der Waals surface area contributed by atoms with E-state index in [4.69, 9.17) is 4.42 Å². The van der Waals surface area contributed by atoms with E-state index in [-0.39, 0.29) is 27.4 Å². The molecule has 0 fully saturated rings. The zero-order chi connectivity index (χ0) is 14.8. The predicted molar refractivity (Wildman–Crippen MR) is 63.3 cm³/mol. The van der Waals surface area contributed by atoms with Crippen LogP contribution >= 0.6 is 23.1 Å². The van der Waals surface area contributed by atoms with Crippen molar-refractivity contribution in [2.75, 3.05) is 11.1 Å². The summed E-state index contributed by atoms with van der Waals surface area (Å²) < 4.78 is 41.8. The molecule has 0 saturated heterocycles. The smallest absolute Gasteiger partial charge is 0.416 e. The highest BCUT2D eigenvalue weighted by atomic mass is 32.2. The summed E-state index contributed by atoms with van der Waals surface area (Å²) in [5.41, 5.74) is 0. The van der Waals surface area contributed by atoms with Gasteiger partial charge in [-0.25, -0.2) is 0 Å². The Bertz CT molecular complexity index is 611. The zero-order valence-electron chi connectivity index (χ0n) is 9.76. The highest BCUT2D eigenvalue weighted by molar-refractivity contribution is 7.99. The molecule has 0 spiro atoms. The topological polar surface area (TPSA) is 93.8 Å². The number of carbonyl (C=O) groups excluding carboxylic acids is 1. The Morgan fingerprint density at radius 2 is 2.10 bits per heavy atom. The molecule has 0 aromatic carbocycles. The summed E-state index contributed by atoms with van der Waals surface area (Å²) in [4.78, 5) is 11.5. The number of nitrogens with zero attached hydrogens (tertiary/aromatic N) is 4. The molecule has 0 unspecified atom stereocenters. The predicted octanol–water partition coefficient (Wildman–Crippen LogP) is 1.98. The van der Waals surface area contributed by atoms with Crippen molar-refractivity contribution >= 4 is 34.1 Å².